The molecule has 1 aliphatic carbocycles. The number of hydrogen-bond acceptors (Lipinski definition) is 7. The molecular weight excluding hydrogens is 336 g/mol. The van der Waals surface area contributed by atoms with Gasteiger partial charge in [-0.3, -0.25) is 0 Å². The number of ether oxygens (including phenoxy) is 2. The van der Waals surface area contributed by atoms with Crippen molar-refractivity contribution in [1.82, 2.24) is 15.3 Å². The molecule has 25 heavy (non-hydrogen) atoms. The van der Waals surface area contributed by atoms with E-state index in [1.807, 2.05) is 0 Å². The first-order chi connectivity index (χ1) is 12.1. The van der Waals surface area contributed by atoms with E-state index in [0.717, 1.165) is 18.5 Å². The van der Waals surface area contributed by atoms with Crippen LogP contribution in [0.25, 0.3) is 23.0 Å². The van der Waals surface area contributed by atoms with E-state index in [0.29, 0.717) is 17.2 Å². The van der Waals surface area contributed by atoms with Crippen LogP contribution in [-0.4, -0.2) is 29.0 Å². The molecule has 3 aromatic rings. The minimum absolute atomic E-state index is 0.0747. The zero-order valence-electron chi connectivity index (χ0n) is 13.1. The lowest BCUT2D eigenvalue weighted by atomic mass is 10.2. The molecule has 7 nitrogen and oxygen atoms in total. The van der Waals surface area contributed by atoms with Gasteiger partial charge in [0.2, 0.25) is 11.6 Å². The number of halogens is 2. The van der Waals surface area contributed by atoms with Crippen LogP contribution >= 0.6 is 0 Å². The maximum absolute atomic E-state index is 12.4. The van der Waals surface area contributed by atoms with E-state index < -0.39 is 6.61 Å². The second-order valence-electron chi connectivity index (χ2n) is 5.56. The van der Waals surface area contributed by atoms with Gasteiger partial charge >= 0.3 is 6.61 Å². The van der Waals surface area contributed by atoms with E-state index in [4.69, 9.17) is 13.8 Å². The zero-order valence-corrected chi connectivity index (χ0v) is 13.1. The van der Waals surface area contributed by atoms with E-state index in [-0.39, 0.29) is 23.2 Å². The van der Waals surface area contributed by atoms with Crippen molar-refractivity contribution in [2.24, 2.45) is 0 Å². The standard InChI is InChI=1S/C16H13F2N3O4/c1-22-12-6-9(4-5-11(12)23-16(17)18)14-19-15(25-21-14)13-7-10(20-24-13)8-2-3-8/h4-8,16H,2-3H2,1H3. The molecule has 9 heteroatoms. The second-order valence-corrected chi connectivity index (χ2v) is 5.56. The molecule has 1 saturated carbocycles. The molecule has 0 N–H and O–H groups in total. The molecule has 0 unspecified atom stereocenters. The predicted octanol–water partition coefficient (Wildman–Crippen LogP) is 3.88. The lowest BCUT2D eigenvalue weighted by molar-refractivity contribution is -0.0512. The number of aromatic nitrogens is 3. The molecule has 2 heterocycles. The fourth-order valence-electron chi connectivity index (χ4n) is 2.40. The highest BCUT2D eigenvalue weighted by atomic mass is 19.3. The Kier molecular flexibility index (Phi) is 3.83. The summed E-state index contributed by atoms with van der Waals surface area (Å²) in [6.07, 6.45) is 2.21. The van der Waals surface area contributed by atoms with Gasteiger partial charge in [-0.15, -0.1) is 0 Å². The van der Waals surface area contributed by atoms with Gasteiger partial charge in [-0.2, -0.15) is 13.8 Å². The monoisotopic (exact) mass is 349 g/mol. The van der Waals surface area contributed by atoms with Crippen molar-refractivity contribution in [2.75, 3.05) is 7.11 Å². The molecule has 0 saturated heterocycles. The average molecular weight is 349 g/mol. The average Bonchev–Trinajstić information content (AvgIpc) is 3.13. The maximum atomic E-state index is 12.4. The topological polar surface area (TPSA) is 83.4 Å². The van der Waals surface area contributed by atoms with Gasteiger partial charge in [-0.25, -0.2) is 0 Å². The predicted molar refractivity (Wildman–Crippen MR) is 80.4 cm³/mol. The SMILES string of the molecule is COc1cc(-c2noc(-c3cc(C4CC4)no3)n2)ccc1OC(F)F. The zero-order chi connectivity index (χ0) is 17.4. The van der Waals surface area contributed by atoms with E-state index >= 15 is 0 Å². The minimum Gasteiger partial charge on any atom is -0.493 e. The van der Waals surface area contributed by atoms with Gasteiger partial charge in [0.1, 0.15) is 0 Å². The van der Waals surface area contributed by atoms with Crippen LogP contribution in [0.3, 0.4) is 0 Å². The number of methoxy groups -OCH3 is 1. The third-order valence-corrected chi connectivity index (χ3v) is 3.80. The number of nitrogens with zero attached hydrogens (tertiary/aromatic N) is 3. The number of hydrogen-bond donors (Lipinski definition) is 0. The Morgan fingerprint density at radius 3 is 2.68 bits per heavy atom. The highest BCUT2D eigenvalue weighted by molar-refractivity contribution is 5.62. The number of benzene rings is 1. The van der Waals surface area contributed by atoms with Gasteiger partial charge in [0.15, 0.2) is 11.5 Å². The van der Waals surface area contributed by atoms with Crippen LogP contribution < -0.4 is 9.47 Å². The molecule has 4 rings (SSSR count). The minimum atomic E-state index is -2.94. The van der Waals surface area contributed by atoms with Crippen LogP contribution in [0.15, 0.2) is 33.3 Å². The van der Waals surface area contributed by atoms with Crippen molar-refractivity contribution in [3.05, 3.63) is 30.0 Å². The van der Waals surface area contributed by atoms with Crippen LogP contribution in [0.5, 0.6) is 11.5 Å². The van der Waals surface area contributed by atoms with Crippen LogP contribution in [0.1, 0.15) is 24.5 Å². The molecule has 2 aromatic heterocycles. The molecule has 0 amide bonds. The molecule has 1 fully saturated rings. The van der Waals surface area contributed by atoms with Gasteiger partial charge < -0.3 is 18.5 Å². The Morgan fingerprint density at radius 2 is 1.96 bits per heavy atom. The Morgan fingerprint density at radius 1 is 1.12 bits per heavy atom. The first-order valence-electron chi connectivity index (χ1n) is 7.58. The first-order valence-corrected chi connectivity index (χ1v) is 7.58. The van der Waals surface area contributed by atoms with Crippen LogP contribution in [0.2, 0.25) is 0 Å². The Balaban J connectivity index is 1.60. The molecule has 0 aliphatic heterocycles. The van der Waals surface area contributed by atoms with Crippen LogP contribution in [0, 0.1) is 0 Å². The highest BCUT2D eigenvalue weighted by Gasteiger charge is 2.28. The first kappa shape index (κ1) is 15.6. The summed E-state index contributed by atoms with van der Waals surface area (Å²) in [5.41, 5.74) is 1.40. The van der Waals surface area contributed by atoms with E-state index in [1.54, 1.807) is 6.07 Å². The summed E-state index contributed by atoms with van der Waals surface area (Å²) in [6, 6.07) is 6.17. The summed E-state index contributed by atoms with van der Waals surface area (Å²) < 4.78 is 44.6. The van der Waals surface area contributed by atoms with E-state index in [1.165, 1.54) is 25.3 Å². The quantitative estimate of drug-likeness (QED) is 0.668. The van der Waals surface area contributed by atoms with Crippen molar-refractivity contribution < 1.29 is 27.3 Å². The molecule has 0 atom stereocenters. The highest BCUT2D eigenvalue weighted by Crippen LogP contribution is 2.40. The van der Waals surface area contributed by atoms with Gasteiger partial charge in [0.25, 0.3) is 5.89 Å². The lowest BCUT2D eigenvalue weighted by Gasteiger charge is -2.10. The molecule has 0 bridgehead atoms. The van der Waals surface area contributed by atoms with E-state index in [2.05, 4.69) is 20.0 Å². The molecule has 130 valence electrons. The summed E-state index contributed by atoms with van der Waals surface area (Å²) in [7, 11) is 1.35. The smallest absolute Gasteiger partial charge is 0.387 e. The fraction of sp³-hybridized carbons (Fsp3) is 0.312. The normalized spacial score (nSPS) is 14.1. The van der Waals surface area contributed by atoms with Crippen molar-refractivity contribution in [2.45, 2.75) is 25.4 Å². The van der Waals surface area contributed by atoms with Crippen molar-refractivity contribution in [3.63, 3.8) is 0 Å². The third-order valence-electron chi connectivity index (χ3n) is 3.80. The van der Waals surface area contributed by atoms with Gasteiger partial charge in [0, 0.05) is 17.5 Å². The molecule has 0 radical (unpaired) electrons. The van der Waals surface area contributed by atoms with Crippen molar-refractivity contribution in [1.29, 1.82) is 0 Å². The summed E-state index contributed by atoms with van der Waals surface area (Å²) in [5, 5.41) is 7.87. The van der Waals surface area contributed by atoms with Crippen molar-refractivity contribution >= 4 is 0 Å². The molecular formula is C16H13F2N3O4. The van der Waals surface area contributed by atoms with Gasteiger partial charge in [0.05, 0.1) is 12.8 Å². The maximum Gasteiger partial charge on any atom is 0.387 e. The van der Waals surface area contributed by atoms with Crippen LogP contribution in [-0.2, 0) is 0 Å². The molecule has 1 aliphatic rings. The Labute approximate surface area is 140 Å². The number of rotatable bonds is 6. The largest absolute Gasteiger partial charge is 0.493 e. The molecule has 0 spiro atoms. The Bertz CT molecular complexity index is 889. The van der Waals surface area contributed by atoms with Gasteiger partial charge in [-0.1, -0.05) is 10.3 Å². The summed E-state index contributed by atoms with van der Waals surface area (Å²) in [5.74, 6) is 1.37. The third kappa shape index (κ3) is 3.17. The lowest BCUT2D eigenvalue weighted by Crippen LogP contribution is -2.03. The Hall–Kier alpha value is -2.97. The summed E-state index contributed by atoms with van der Waals surface area (Å²) >= 11 is 0. The van der Waals surface area contributed by atoms with E-state index in [9.17, 15) is 8.78 Å². The van der Waals surface area contributed by atoms with Gasteiger partial charge in [-0.05, 0) is 31.0 Å². The second kappa shape index (κ2) is 6.15. The van der Waals surface area contributed by atoms with Crippen molar-refractivity contribution in [3.8, 4) is 34.5 Å². The summed E-state index contributed by atoms with van der Waals surface area (Å²) in [4.78, 5) is 4.25. The summed E-state index contributed by atoms with van der Waals surface area (Å²) in [6.45, 7) is -2.94. The number of alkyl halides is 2. The van der Waals surface area contributed by atoms with Crippen LogP contribution in [0.4, 0.5) is 8.78 Å². The fourth-order valence-corrected chi connectivity index (χ4v) is 2.40. The molecule has 1 aromatic carbocycles.